The lowest BCUT2D eigenvalue weighted by molar-refractivity contribution is -0.119. The maximum atomic E-state index is 13.0. The van der Waals surface area contributed by atoms with Crippen LogP contribution < -0.4 is 5.32 Å². The zero-order chi connectivity index (χ0) is 18.3. The van der Waals surface area contributed by atoms with Gasteiger partial charge in [0.2, 0.25) is 5.91 Å². The van der Waals surface area contributed by atoms with Gasteiger partial charge in [-0.15, -0.1) is 0 Å². The van der Waals surface area contributed by atoms with Gasteiger partial charge < -0.3 is 14.6 Å². The molecule has 134 valence electrons. The first-order chi connectivity index (χ1) is 12.5. The Bertz CT molecular complexity index is 976. The van der Waals surface area contributed by atoms with Crippen molar-refractivity contribution >= 4 is 22.8 Å². The van der Waals surface area contributed by atoms with Crippen LogP contribution in [0.15, 0.2) is 34.7 Å². The minimum Gasteiger partial charge on any atom is -0.466 e. The van der Waals surface area contributed by atoms with Crippen LogP contribution in [-0.4, -0.2) is 51.3 Å². The van der Waals surface area contributed by atoms with Crippen LogP contribution in [0.1, 0.15) is 34.7 Å². The smallest absolute Gasteiger partial charge is 0.254 e. The van der Waals surface area contributed by atoms with Gasteiger partial charge in [-0.3, -0.25) is 9.59 Å². The van der Waals surface area contributed by atoms with Crippen LogP contribution in [0.4, 0.5) is 0 Å². The number of likely N-dealkylation sites (tertiary alicyclic amines) is 1. The van der Waals surface area contributed by atoms with E-state index in [4.69, 9.17) is 4.42 Å². The molecule has 1 fully saturated rings. The highest BCUT2D eigenvalue weighted by Crippen LogP contribution is 2.30. The minimum absolute atomic E-state index is 0.0765. The predicted octanol–water partition coefficient (Wildman–Crippen LogP) is 1.60. The van der Waals surface area contributed by atoms with Crippen LogP contribution in [0.5, 0.6) is 0 Å². The maximum Gasteiger partial charge on any atom is 0.254 e. The number of furan rings is 1. The summed E-state index contributed by atoms with van der Waals surface area (Å²) in [5, 5.41) is 13.5. The molecule has 8 nitrogen and oxygen atoms in total. The molecule has 1 aromatic carbocycles. The summed E-state index contributed by atoms with van der Waals surface area (Å²) in [5.74, 6) is 1.29. The number of hydrogen-bond donors (Lipinski definition) is 2. The molecule has 0 aliphatic carbocycles. The van der Waals surface area contributed by atoms with E-state index in [2.05, 4.69) is 20.7 Å². The molecule has 26 heavy (non-hydrogen) atoms. The molecule has 0 spiro atoms. The Hall–Kier alpha value is -3.16. The van der Waals surface area contributed by atoms with Crippen molar-refractivity contribution in [3.63, 3.8) is 0 Å². The Balaban J connectivity index is 1.59. The molecule has 0 unspecified atom stereocenters. The van der Waals surface area contributed by atoms with Gasteiger partial charge in [0.1, 0.15) is 22.6 Å². The Morgan fingerprint density at radius 3 is 2.73 bits per heavy atom. The van der Waals surface area contributed by atoms with Crippen molar-refractivity contribution in [2.75, 3.05) is 13.1 Å². The molecule has 3 heterocycles. The summed E-state index contributed by atoms with van der Waals surface area (Å²) in [6, 6.07) is 8.84. The molecule has 2 amide bonds. The Morgan fingerprint density at radius 2 is 2.00 bits per heavy atom. The molecule has 1 aliphatic rings. The zero-order valence-corrected chi connectivity index (χ0v) is 14.5. The van der Waals surface area contributed by atoms with Crippen molar-refractivity contribution in [1.29, 1.82) is 0 Å². The van der Waals surface area contributed by atoms with Gasteiger partial charge in [0.25, 0.3) is 5.91 Å². The summed E-state index contributed by atoms with van der Waals surface area (Å²) in [6.07, 6.45) is 0. The van der Waals surface area contributed by atoms with Crippen molar-refractivity contribution in [2.24, 2.45) is 0 Å². The first-order valence-corrected chi connectivity index (χ1v) is 8.44. The van der Waals surface area contributed by atoms with E-state index >= 15 is 0 Å². The second kappa shape index (κ2) is 6.29. The molecule has 2 atom stereocenters. The van der Waals surface area contributed by atoms with Gasteiger partial charge in [0, 0.05) is 25.6 Å². The number of aryl methyl sites for hydroxylation is 1. The van der Waals surface area contributed by atoms with Gasteiger partial charge >= 0.3 is 0 Å². The lowest BCUT2D eigenvalue weighted by Gasteiger charge is -2.17. The number of H-pyrrole nitrogens is 1. The van der Waals surface area contributed by atoms with E-state index in [1.807, 2.05) is 19.1 Å². The van der Waals surface area contributed by atoms with Gasteiger partial charge in [-0.05, 0) is 37.3 Å². The van der Waals surface area contributed by atoms with Crippen molar-refractivity contribution in [3.05, 3.63) is 47.4 Å². The van der Waals surface area contributed by atoms with E-state index in [1.54, 1.807) is 23.1 Å². The number of fused-ring (bicyclic) bond motifs is 1. The number of aromatic amines is 1. The zero-order valence-electron chi connectivity index (χ0n) is 14.5. The van der Waals surface area contributed by atoms with Gasteiger partial charge in [-0.2, -0.15) is 15.4 Å². The number of carbonyl (C=O) groups is 2. The van der Waals surface area contributed by atoms with E-state index in [0.717, 1.165) is 11.5 Å². The first-order valence-electron chi connectivity index (χ1n) is 8.44. The Labute approximate surface area is 149 Å². The summed E-state index contributed by atoms with van der Waals surface area (Å²) >= 11 is 0. The molecule has 2 aromatic heterocycles. The van der Waals surface area contributed by atoms with Crippen LogP contribution in [0.3, 0.4) is 0 Å². The summed E-state index contributed by atoms with van der Waals surface area (Å²) in [5.41, 5.74) is 1.90. The highest BCUT2D eigenvalue weighted by molar-refractivity contribution is 5.97. The molecule has 3 aromatic rings. The fourth-order valence-electron chi connectivity index (χ4n) is 3.47. The van der Waals surface area contributed by atoms with E-state index < -0.39 is 0 Å². The van der Waals surface area contributed by atoms with E-state index in [0.29, 0.717) is 29.7 Å². The number of carbonyl (C=O) groups excluding carboxylic acids is 2. The summed E-state index contributed by atoms with van der Waals surface area (Å²) in [7, 11) is 0. The molecular formula is C18H19N5O3. The summed E-state index contributed by atoms with van der Waals surface area (Å²) < 4.78 is 5.75. The molecule has 0 saturated carbocycles. The largest absolute Gasteiger partial charge is 0.466 e. The number of aromatic nitrogens is 3. The molecule has 0 radical (unpaired) electrons. The van der Waals surface area contributed by atoms with E-state index in [1.165, 1.54) is 6.92 Å². The van der Waals surface area contributed by atoms with Crippen LogP contribution in [0, 0.1) is 6.92 Å². The highest BCUT2D eigenvalue weighted by atomic mass is 16.3. The second-order valence-electron chi connectivity index (χ2n) is 6.60. The van der Waals surface area contributed by atoms with Gasteiger partial charge in [-0.1, -0.05) is 0 Å². The van der Waals surface area contributed by atoms with Crippen LogP contribution >= 0.6 is 0 Å². The monoisotopic (exact) mass is 353 g/mol. The minimum atomic E-state index is -0.183. The second-order valence-corrected chi connectivity index (χ2v) is 6.60. The summed E-state index contributed by atoms with van der Waals surface area (Å²) in [6.45, 7) is 4.27. The van der Waals surface area contributed by atoms with Gasteiger partial charge in [-0.25, -0.2) is 0 Å². The van der Waals surface area contributed by atoms with Crippen LogP contribution in [0.25, 0.3) is 11.0 Å². The Morgan fingerprint density at radius 1 is 1.19 bits per heavy atom. The molecule has 0 bridgehead atoms. The van der Waals surface area contributed by atoms with E-state index in [9.17, 15) is 9.59 Å². The third kappa shape index (κ3) is 2.94. The predicted molar refractivity (Wildman–Crippen MR) is 93.6 cm³/mol. The third-order valence-electron chi connectivity index (χ3n) is 4.69. The molecule has 4 rings (SSSR count). The molecule has 8 heteroatoms. The first kappa shape index (κ1) is 16.3. The number of amides is 2. The average Bonchev–Trinajstić information content (AvgIpc) is 3.32. The van der Waals surface area contributed by atoms with Crippen molar-refractivity contribution in [2.45, 2.75) is 25.8 Å². The SMILES string of the molecule is CC(=O)N[C@@H]1CN(C(=O)c2ccc3n[nH]nc3c2)C[C@H]1c1ccc(C)o1. The fourth-order valence-corrected chi connectivity index (χ4v) is 3.47. The average molecular weight is 353 g/mol. The number of hydrogen-bond acceptors (Lipinski definition) is 5. The normalized spacial score (nSPS) is 19.8. The molecule has 1 saturated heterocycles. The lowest BCUT2D eigenvalue weighted by Crippen LogP contribution is -2.39. The van der Waals surface area contributed by atoms with Crippen molar-refractivity contribution in [1.82, 2.24) is 25.6 Å². The standard InChI is InChI=1S/C18H19N5O3/c1-10-3-6-17(26-10)13-8-23(9-16(13)19-11(2)24)18(25)12-4-5-14-15(7-12)21-22-20-14/h3-7,13,16H,8-9H2,1-2H3,(H,19,24)(H,20,21,22)/t13-,16-/m1/s1. The number of nitrogens with zero attached hydrogens (tertiary/aromatic N) is 3. The highest BCUT2D eigenvalue weighted by Gasteiger charge is 2.38. The number of benzene rings is 1. The van der Waals surface area contributed by atoms with Gasteiger partial charge in [0.15, 0.2) is 0 Å². The molecule has 1 aliphatic heterocycles. The number of nitrogens with one attached hydrogen (secondary N) is 2. The Kier molecular flexibility index (Phi) is 3.95. The quantitative estimate of drug-likeness (QED) is 0.744. The summed E-state index contributed by atoms with van der Waals surface area (Å²) in [4.78, 5) is 26.3. The van der Waals surface area contributed by atoms with Crippen LogP contribution in [0.2, 0.25) is 0 Å². The fraction of sp³-hybridized carbons (Fsp3) is 0.333. The maximum absolute atomic E-state index is 13.0. The molecular weight excluding hydrogens is 334 g/mol. The van der Waals surface area contributed by atoms with Crippen LogP contribution in [-0.2, 0) is 4.79 Å². The topological polar surface area (TPSA) is 104 Å². The van der Waals surface area contributed by atoms with Crippen molar-refractivity contribution in [3.8, 4) is 0 Å². The van der Waals surface area contributed by atoms with Gasteiger partial charge in [0.05, 0.1) is 12.0 Å². The van der Waals surface area contributed by atoms with Crippen molar-refractivity contribution < 1.29 is 14.0 Å². The van der Waals surface area contributed by atoms with E-state index in [-0.39, 0.29) is 23.8 Å². The molecule has 2 N–H and O–H groups in total. The number of rotatable bonds is 3. The lowest BCUT2D eigenvalue weighted by atomic mass is 10.0. The third-order valence-corrected chi connectivity index (χ3v) is 4.69.